The fourth-order valence-corrected chi connectivity index (χ4v) is 2.66. The van der Waals surface area contributed by atoms with Crippen molar-refractivity contribution in [3.05, 3.63) is 29.6 Å². The van der Waals surface area contributed by atoms with Crippen LogP contribution in [0.25, 0.3) is 0 Å². The molecule has 2 aromatic heterocycles. The molecule has 1 N–H and O–H groups in total. The van der Waals surface area contributed by atoms with Crippen molar-refractivity contribution in [2.75, 3.05) is 13.2 Å². The van der Waals surface area contributed by atoms with Crippen LogP contribution in [0.2, 0.25) is 0 Å². The molecule has 1 fully saturated rings. The Morgan fingerprint density at radius 1 is 1.39 bits per heavy atom. The maximum atomic E-state index is 12.5. The topological polar surface area (TPSA) is 103 Å². The van der Waals surface area contributed by atoms with E-state index in [2.05, 4.69) is 20.4 Å². The number of amides is 1. The predicted octanol–water partition coefficient (Wildman–Crippen LogP) is 1.83. The Labute approximate surface area is 133 Å². The van der Waals surface area contributed by atoms with Gasteiger partial charge in [0.05, 0.1) is 0 Å². The zero-order valence-corrected chi connectivity index (χ0v) is 13.2. The summed E-state index contributed by atoms with van der Waals surface area (Å²) in [6.45, 7) is 4.99. The van der Waals surface area contributed by atoms with Gasteiger partial charge in [-0.3, -0.25) is 4.79 Å². The molecule has 3 heterocycles. The molecule has 0 bridgehead atoms. The summed E-state index contributed by atoms with van der Waals surface area (Å²) >= 11 is 0. The van der Waals surface area contributed by atoms with Crippen LogP contribution in [0.3, 0.4) is 0 Å². The average molecular weight is 320 g/mol. The zero-order chi connectivity index (χ0) is 16.2. The van der Waals surface area contributed by atoms with Gasteiger partial charge in [0, 0.05) is 19.6 Å². The number of carbonyl (C=O) groups excluding carboxylic acids is 1. The fraction of sp³-hybridized carbons (Fsp3) is 0.600. The molecule has 1 aliphatic rings. The highest BCUT2D eigenvalue weighted by molar-refractivity contribution is 5.92. The third kappa shape index (κ3) is 3.58. The smallest absolute Gasteiger partial charge is 0.273 e. The number of nitrogens with one attached hydrogen (secondary N) is 1. The Hall–Kier alpha value is -2.22. The van der Waals surface area contributed by atoms with Crippen LogP contribution in [0.4, 0.5) is 0 Å². The van der Waals surface area contributed by atoms with Gasteiger partial charge in [0.2, 0.25) is 5.89 Å². The normalized spacial score (nSPS) is 17.1. The van der Waals surface area contributed by atoms with Crippen LogP contribution in [0.15, 0.2) is 15.2 Å². The summed E-state index contributed by atoms with van der Waals surface area (Å²) in [4.78, 5) is 20.9. The van der Waals surface area contributed by atoms with Gasteiger partial charge in [-0.25, -0.2) is 4.98 Å². The highest BCUT2D eigenvalue weighted by atomic mass is 16.5. The Balaban J connectivity index is 1.78. The number of carbonyl (C=O) groups is 1. The van der Waals surface area contributed by atoms with E-state index in [0.29, 0.717) is 37.2 Å². The van der Waals surface area contributed by atoms with Gasteiger partial charge < -0.3 is 19.0 Å². The van der Waals surface area contributed by atoms with E-state index in [0.717, 1.165) is 12.8 Å². The van der Waals surface area contributed by atoms with Crippen molar-refractivity contribution in [1.29, 1.82) is 0 Å². The van der Waals surface area contributed by atoms with Gasteiger partial charge in [-0.1, -0.05) is 12.1 Å². The first-order valence-corrected chi connectivity index (χ1v) is 7.80. The minimum atomic E-state index is -0.352. The maximum absolute atomic E-state index is 12.5. The molecule has 1 aliphatic heterocycles. The number of aromatic nitrogens is 3. The lowest BCUT2D eigenvalue weighted by Crippen LogP contribution is -2.36. The molecule has 0 spiro atoms. The first-order valence-electron chi connectivity index (χ1n) is 7.80. The van der Waals surface area contributed by atoms with Crippen LogP contribution in [0, 0.1) is 12.8 Å². The molecule has 1 saturated heterocycles. The van der Waals surface area contributed by atoms with E-state index in [1.54, 1.807) is 6.92 Å². The van der Waals surface area contributed by atoms with Gasteiger partial charge in [0.15, 0.2) is 17.4 Å². The summed E-state index contributed by atoms with van der Waals surface area (Å²) in [6.07, 6.45) is 3.66. The van der Waals surface area contributed by atoms with Crippen LogP contribution in [-0.2, 0) is 11.2 Å². The number of hydrogen-bond donors (Lipinski definition) is 1. The summed E-state index contributed by atoms with van der Waals surface area (Å²) in [5.74, 6) is 1.38. The summed E-state index contributed by atoms with van der Waals surface area (Å²) < 4.78 is 15.9. The van der Waals surface area contributed by atoms with Crippen molar-refractivity contribution >= 4 is 5.91 Å². The summed E-state index contributed by atoms with van der Waals surface area (Å²) in [7, 11) is 0. The number of oxazole rings is 1. The summed E-state index contributed by atoms with van der Waals surface area (Å²) in [5, 5.41) is 6.78. The SMILES string of the molecule is CCc1nc(C(=O)NC(c2nc(C)no2)C2CCOCC2)co1. The van der Waals surface area contributed by atoms with E-state index in [4.69, 9.17) is 13.7 Å². The second-order valence-electron chi connectivity index (χ2n) is 5.56. The molecule has 1 unspecified atom stereocenters. The highest BCUT2D eigenvalue weighted by Crippen LogP contribution is 2.29. The minimum Gasteiger partial charge on any atom is -0.448 e. The van der Waals surface area contributed by atoms with Gasteiger partial charge in [-0.2, -0.15) is 4.98 Å². The number of nitrogens with zero attached hydrogens (tertiary/aromatic N) is 3. The molecule has 124 valence electrons. The van der Waals surface area contributed by atoms with Crippen LogP contribution < -0.4 is 5.32 Å². The molecule has 8 nitrogen and oxygen atoms in total. The van der Waals surface area contributed by atoms with Crippen molar-refractivity contribution in [2.24, 2.45) is 5.92 Å². The van der Waals surface area contributed by atoms with Gasteiger partial charge >= 0.3 is 0 Å². The van der Waals surface area contributed by atoms with Crippen molar-refractivity contribution in [2.45, 2.75) is 39.2 Å². The Morgan fingerprint density at radius 2 is 2.17 bits per heavy atom. The zero-order valence-electron chi connectivity index (χ0n) is 13.2. The molecule has 0 aliphatic carbocycles. The molecule has 1 atom stereocenters. The lowest BCUT2D eigenvalue weighted by Gasteiger charge is -2.28. The molecule has 3 rings (SSSR count). The van der Waals surface area contributed by atoms with E-state index in [1.165, 1.54) is 6.26 Å². The standard InChI is InChI=1S/C15H20N4O4/c1-3-12-17-11(8-22-12)14(20)18-13(10-4-6-21-7-5-10)15-16-9(2)19-23-15/h8,10,13H,3-7H2,1-2H3,(H,18,20). The molecule has 8 heteroatoms. The highest BCUT2D eigenvalue weighted by Gasteiger charge is 2.32. The molecule has 2 aromatic rings. The van der Waals surface area contributed by atoms with Crippen molar-refractivity contribution in [3.8, 4) is 0 Å². The second kappa shape index (κ2) is 6.91. The molecule has 0 radical (unpaired) electrons. The van der Waals surface area contributed by atoms with Gasteiger partial charge in [0.1, 0.15) is 12.3 Å². The molecular formula is C15H20N4O4. The molecular weight excluding hydrogens is 300 g/mol. The Morgan fingerprint density at radius 3 is 2.78 bits per heavy atom. The third-order valence-corrected chi connectivity index (χ3v) is 3.92. The van der Waals surface area contributed by atoms with E-state index in [9.17, 15) is 4.79 Å². The fourth-order valence-electron chi connectivity index (χ4n) is 2.66. The number of ether oxygens (including phenoxy) is 1. The largest absolute Gasteiger partial charge is 0.448 e. The Kier molecular flexibility index (Phi) is 4.71. The monoisotopic (exact) mass is 320 g/mol. The van der Waals surface area contributed by atoms with Crippen molar-refractivity contribution in [1.82, 2.24) is 20.4 Å². The average Bonchev–Trinajstić information content (AvgIpc) is 3.22. The summed E-state index contributed by atoms with van der Waals surface area (Å²) in [6, 6.07) is -0.352. The quantitative estimate of drug-likeness (QED) is 0.896. The first kappa shape index (κ1) is 15.7. The van der Waals surface area contributed by atoms with Crippen molar-refractivity contribution < 1.29 is 18.5 Å². The lowest BCUT2D eigenvalue weighted by molar-refractivity contribution is 0.0467. The number of rotatable bonds is 5. The minimum absolute atomic E-state index is 0.185. The van der Waals surface area contributed by atoms with E-state index in [-0.39, 0.29) is 23.6 Å². The lowest BCUT2D eigenvalue weighted by atomic mass is 9.91. The number of hydrogen-bond acceptors (Lipinski definition) is 7. The van der Waals surface area contributed by atoms with E-state index in [1.807, 2.05) is 6.92 Å². The van der Waals surface area contributed by atoms with Crippen LogP contribution in [0.1, 0.15) is 53.9 Å². The van der Waals surface area contributed by atoms with E-state index < -0.39 is 0 Å². The first-order chi connectivity index (χ1) is 11.2. The number of aryl methyl sites for hydroxylation is 2. The second-order valence-corrected chi connectivity index (χ2v) is 5.56. The molecule has 23 heavy (non-hydrogen) atoms. The van der Waals surface area contributed by atoms with Crippen LogP contribution in [-0.4, -0.2) is 34.2 Å². The van der Waals surface area contributed by atoms with Gasteiger partial charge in [-0.05, 0) is 25.7 Å². The molecule has 1 amide bonds. The van der Waals surface area contributed by atoms with Gasteiger partial charge in [-0.15, -0.1) is 0 Å². The molecule has 0 saturated carbocycles. The van der Waals surface area contributed by atoms with E-state index >= 15 is 0 Å². The Bertz CT molecular complexity index is 660. The maximum Gasteiger partial charge on any atom is 0.273 e. The third-order valence-electron chi connectivity index (χ3n) is 3.92. The predicted molar refractivity (Wildman–Crippen MR) is 78.7 cm³/mol. The molecule has 0 aromatic carbocycles. The van der Waals surface area contributed by atoms with Crippen molar-refractivity contribution in [3.63, 3.8) is 0 Å². The van der Waals surface area contributed by atoms with Gasteiger partial charge in [0.25, 0.3) is 5.91 Å². The van der Waals surface area contributed by atoms with Crippen LogP contribution in [0.5, 0.6) is 0 Å². The summed E-state index contributed by atoms with van der Waals surface area (Å²) in [5.41, 5.74) is 0.259. The van der Waals surface area contributed by atoms with Crippen LogP contribution >= 0.6 is 0 Å².